The lowest BCUT2D eigenvalue weighted by atomic mass is 9.87. The first-order valence-electron chi connectivity index (χ1n) is 7.14. The van der Waals surface area contributed by atoms with Crippen molar-refractivity contribution in [1.82, 2.24) is 0 Å². The quantitative estimate of drug-likeness (QED) is 0.825. The van der Waals surface area contributed by atoms with Gasteiger partial charge in [-0.05, 0) is 28.9 Å². The van der Waals surface area contributed by atoms with Crippen LogP contribution in [0.25, 0.3) is 0 Å². The molecule has 112 valence electrons. The van der Waals surface area contributed by atoms with Gasteiger partial charge in [-0.2, -0.15) is 0 Å². The number of benzene rings is 1. The van der Waals surface area contributed by atoms with E-state index in [1.165, 1.54) is 22.9 Å². The molecule has 0 aromatic heterocycles. The molecule has 1 rings (SSSR count). The molecule has 0 radical (unpaired) electrons. The van der Waals surface area contributed by atoms with Gasteiger partial charge in [0.1, 0.15) is 5.25 Å². The monoisotopic (exact) mass is 294 g/mol. The molecule has 0 aliphatic heterocycles. The first-order chi connectivity index (χ1) is 9.20. The van der Waals surface area contributed by atoms with Gasteiger partial charge in [0, 0.05) is 5.75 Å². The number of carbonyl (C=O) groups is 1. The first-order valence-corrected chi connectivity index (χ1v) is 8.19. The number of hydrogen-bond acceptors (Lipinski definition) is 2. The standard InChI is InChI=1S/C17H26O2S/c1-12(2)10-15(16(18)19)20-11-13-6-8-14(9-7-13)17(3,4)5/h6-9,12,15H,10-11H2,1-5H3,(H,18,19). The van der Waals surface area contributed by atoms with Crippen LogP contribution in [-0.4, -0.2) is 16.3 Å². The molecule has 1 unspecified atom stereocenters. The summed E-state index contributed by atoms with van der Waals surface area (Å²) in [6.45, 7) is 10.7. The van der Waals surface area contributed by atoms with E-state index in [0.717, 1.165) is 12.2 Å². The number of carboxylic acid groups (broad SMARTS) is 1. The molecule has 1 N–H and O–H groups in total. The highest BCUT2D eigenvalue weighted by Gasteiger charge is 2.19. The lowest BCUT2D eigenvalue weighted by Gasteiger charge is -2.19. The van der Waals surface area contributed by atoms with Gasteiger partial charge in [-0.3, -0.25) is 4.79 Å². The van der Waals surface area contributed by atoms with Crippen LogP contribution >= 0.6 is 11.8 Å². The highest BCUT2D eigenvalue weighted by molar-refractivity contribution is 7.99. The van der Waals surface area contributed by atoms with Crippen molar-refractivity contribution < 1.29 is 9.90 Å². The van der Waals surface area contributed by atoms with Crippen LogP contribution in [0.15, 0.2) is 24.3 Å². The topological polar surface area (TPSA) is 37.3 Å². The summed E-state index contributed by atoms with van der Waals surface area (Å²) in [5.41, 5.74) is 2.66. The Balaban J connectivity index is 2.62. The number of aliphatic carboxylic acids is 1. The lowest BCUT2D eigenvalue weighted by molar-refractivity contribution is -0.136. The van der Waals surface area contributed by atoms with Crippen molar-refractivity contribution in [3.63, 3.8) is 0 Å². The van der Waals surface area contributed by atoms with Crippen molar-refractivity contribution in [2.24, 2.45) is 5.92 Å². The summed E-state index contributed by atoms with van der Waals surface area (Å²) >= 11 is 1.52. The Labute approximate surface area is 127 Å². The predicted molar refractivity (Wildman–Crippen MR) is 87.3 cm³/mol. The highest BCUT2D eigenvalue weighted by Crippen LogP contribution is 2.26. The predicted octanol–water partition coefficient (Wildman–Crippen LogP) is 4.72. The Kier molecular flexibility index (Phi) is 6.12. The van der Waals surface area contributed by atoms with Gasteiger partial charge in [-0.1, -0.05) is 58.9 Å². The van der Waals surface area contributed by atoms with Gasteiger partial charge in [0.2, 0.25) is 0 Å². The fourth-order valence-corrected chi connectivity index (χ4v) is 3.22. The summed E-state index contributed by atoms with van der Waals surface area (Å²) in [6.07, 6.45) is 0.722. The minimum atomic E-state index is -0.699. The smallest absolute Gasteiger partial charge is 0.316 e. The van der Waals surface area contributed by atoms with Gasteiger partial charge in [-0.15, -0.1) is 11.8 Å². The van der Waals surface area contributed by atoms with Crippen LogP contribution in [-0.2, 0) is 16.0 Å². The van der Waals surface area contributed by atoms with Gasteiger partial charge in [0.05, 0.1) is 0 Å². The molecule has 0 spiro atoms. The molecule has 0 saturated carbocycles. The third-order valence-corrected chi connectivity index (χ3v) is 4.53. The largest absolute Gasteiger partial charge is 0.480 e. The van der Waals surface area contributed by atoms with Crippen molar-refractivity contribution in [2.75, 3.05) is 0 Å². The van der Waals surface area contributed by atoms with Crippen LogP contribution in [0.1, 0.15) is 52.2 Å². The fourth-order valence-electron chi connectivity index (χ4n) is 1.97. The molecule has 1 aromatic rings. The molecule has 0 heterocycles. The second-order valence-corrected chi connectivity index (χ2v) is 7.91. The Hall–Kier alpha value is -0.960. The van der Waals surface area contributed by atoms with Crippen LogP contribution in [0.3, 0.4) is 0 Å². The normalized spacial score (nSPS) is 13.5. The third kappa shape index (κ3) is 5.58. The van der Waals surface area contributed by atoms with Crippen molar-refractivity contribution in [3.8, 4) is 0 Å². The van der Waals surface area contributed by atoms with Gasteiger partial charge in [0.15, 0.2) is 0 Å². The van der Waals surface area contributed by atoms with Gasteiger partial charge < -0.3 is 5.11 Å². The van der Waals surface area contributed by atoms with E-state index in [2.05, 4.69) is 58.9 Å². The Morgan fingerprint density at radius 2 is 1.75 bits per heavy atom. The Morgan fingerprint density at radius 3 is 2.15 bits per heavy atom. The molecule has 2 nitrogen and oxygen atoms in total. The summed E-state index contributed by atoms with van der Waals surface area (Å²) in [6, 6.07) is 8.52. The van der Waals surface area contributed by atoms with E-state index in [-0.39, 0.29) is 10.7 Å². The fraction of sp³-hybridized carbons (Fsp3) is 0.588. The minimum absolute atomic E-state index is 0.160. The molecule has 0 amide bonds. The summed E-state index contributed by atoms with van der Waals surface area (Å²) in [5, 5.41) is 8.92. The van der Waals surface area contributed by atoms with Crippen LogP contribution in [0, 0.1) is 5.92 Å². The van der Waals surface area contributed by atoms with Crippen molar-refractivity contribution in [1.29, 1.82) is 0 Å². The van der Waals surface area contributed by atoms with E-state index in [4.69, 9.17) is 0 Å². The molecular formula is C17H26O2S. The van der Waals surface area contributed by atoms with Gasteiger partial charge in [-0.25, -0.2) is 0 Å². The Bertz CT molecular complexity index is 429. The molecule has 0 aliphatic rings. The molecule has 20 heavy (non-hydrogen) atoms. The minimum Gasteiger partial charge on any atom is -0.480 e. The van der Waals surface area contributed by atoms with Crippen LogP contribution in [0.5, 0.6) is 0 Å². The summed E-state index contributed by atoms with van der Waals surface area (Å²) < 4.78 is 0. The SMILES string of the molecule is CC(C)CC(SCc1ccc(C(C)(C)C)cc1)C(=O)O. The maximum absolute atomic E-state index is 11.2. The van der Waals surface area contributed by atoms with E-state index < -0.39 is 5.97 Å². The Morgan fingerprint density at radius 1 is 1.20 bits per heavy atom. The van der Waals surface area contributed by atoms with Crippen molar-refractivity contribution in [3.05, 3.63) is 35.4 Å². The second kappa shape index (κ2) is 7.16. The zero-order valence-electron chi connectivity index (χ0n) is 13.1. The van der Waals surface area contributed by atoms with E-state index in [0.29, 0.717) is 5.92 Å². The zero-order valence-corrected chi connectivity index (χ0v) is 14.0. The van der Waals surface area contributed by atoms with Crippen LogP contribution < -0.4 is 0 Å². The number of thioether (sulfide) groups is 1. The number of rotatable bonds is 6. The molecule has 1 aromatic carbocycles. The molecule has 0 saturated heterocycles. The van der Waals surface area contributed by atoms with Gasteiger partial charge in [0.25, 0.3) is 0 Å². The average molecular weight is 294 g/mol. The third-order valence-electron chi connectivity index (χ3n) is 3.23. The zero-order chi connectivity index (χ0) is 15.3. The average Bonchev–Trinajstić information content (AvgIpc) is 2.33. The summed E-state index contributed by atoms with van der Waals surface area (Å²) in [4.78, 5) is 11.2. The van der Waals surface area contributed by atoms with E-state index in [1.54, 1.807) is 0 Å². The van der Waals surface area contributed by atoms with E-state index in [9.17, 15) is 9.90 Å². The van der Waals surface area contributed by atoms with Crippen molar-refractivity contribution in [2.45, 2.75) is 57.5 Å². The molecule has 1 atom stereocenters. The number of carboxylic acids is 1. The molecule has 0 fully saturated rings. The van der Waals surface area contributed by atoms with Crippen LogP contribution in [0.4, 0.5) is 0 Å². The summed E-state index contributed by atoms with van der Waals surface area (Å²) in [7, 11) is 0. The maximum Gasteiger partial charge on any atom is 0.316 e. The summed E-state index contributed by atoms with van der Waals surface area (Å²) in [5.74, 6) is 0.468. The molecule has 0 bridgehead atoms. The second-order valence-electron chi connectivity index (χ2n) is 6.71. The van der Waals surface area contributed by atoms with E-state index >= 15 is 0 Å². The van der Waals surface area contributed by atoms with Crippen molar-refractivity contribution >= 4 is 17.7 Å². The van der Waals surface area contributed by atoms with E-state index in [1.807, 2.05) is 0 Å². The number of hydrogen-bond donors (Lipinski definition) is 1. The highest BCUT2D eigenvalue weighted by atomic mass is 32.2. The maximum atomic E-state index is 11.2. The van der Waals surface area contributed by atoms with Gasteiger partial charge >= 0.3 is 5.97 Å². The molecular weight excluding hydrogens is 268 g/mol. The van der Waals surface area contributed by atoms with Crippen LogP contribution in [0.2, 0.25) is 0 Å². The molecule has 0 aliphatic carbocycles. The molecule has 3 heteroatoms. The lowest BCUT2D eigenvalue weighted by Crippen LogP contribution is -2.18. The first kappa shape index (κ1) is 17.1.